The van der Waals surface area contributed by atoms with Crippen molar-refractivity contribution in [3.05, 3.63) is 23.8 Å². The third kappa shape index (κ3) is 6.75. The van der Waals surface area contributed by atoms with Gasteiger partial charge in [0.25, 0.3) is 5.91 Å². The van der Waals surface area contributed by atoms with Crippen LogP contribution in [0.2, 0.25) is 0 Å². The maximum absolute atomic E-state index is 12.0. The molecule has 0 heterocycles. The molecule has 8 nitrogen and oxygen atoms in total. The molecule has 28 heavy (non-hydrogen) atoms. The highest BCUT2D eigenvalue weighted by molar-refractivity contribution is 5.97. The number of benzene rings is 1. The molecule has 1 fully saturated rings. The lowest BCUT2D eigenvalue weighted by atomic mass is 10.1. The van der Waals surface area contributed by atoms with Crippen LogP contribution < -0.4 is 20.1 Å². The van der Waals surface area contributed by atoms with Gasteiger partial charge in [0, 0.05) is 18.5 Å². The molecule has 1 aromatic rings. The summed E-state index contributed by atoms with van der Waals surface area (Å²) in [6, 6.07) is 4.90. The summed E-state index contributed by atoms with van der Waals surface area (Å²) >= 11 is 0. The molecule has 2 rings (SSSR count). The summed E-state index contributed by atoms with van der Waals surface area (Å²) in [5, 5.41) is 4.97. The molecule has 0 aliphatic heterocycles. The Morgan fingerprint density at radius 1 is 1.07 bits per heavy atom. The lowest BCUT2D eigenvalue weighted by Gasteiger charge is -2.15. The van der Waals surface area contributed by atoms with Crippen molar-refractivity contribution in [1.29, 1.82) is 0 Å². The van der Waals surface area contributed by atoms with Crippen molar-refractivity contribution in [2.24, 2.45) is 0 Å². The van der Waals surface area contributed by atoms with Gasteiger partial charge in [-0.3, -0.25) is 14.9 Å². The van der Waals surface area contributed by atoms with Crippen molar-refractivity contribution >= 4 is 17.9 Å². The number of esters is 1. The Hall–Kier alpha value is -2.77. The van der Waals surface area contributed by atoms with E-state index in [4.69, 9.17) is 14.2 Å². The largest absolute Gasteiger partial charge is 0.497 e. The van der Waals surface area contributed by atoms with E-state index >= 15 is 0 Å². The van der Waals surface area contributed by atoms with Gasteiger partial charge in [0.2, 0.25) is 0 Å². The maximum atomic E-state index is 12.0. The first-order valence-electron chi connectivity index (χ1n) is 9.44. The maximum Gasteiger partial charge on any atom is 0.321 e. The second-order valence-corrected chi connectivity index (χ2v) is 6.80. The van der Waals surface area contributed by atoms with Gasteiger partial charge < -0.3 is 19.5 Å². The number of ether oxygens (including phenoxy) is 3. The molecule has 0 bridgehead atoms. The van der Waals surface area contributed by atoms with Gasteiger partial charge in [-0.2, -0.15) is 0 Å². The first kappa shape index (κ1) is 21.5. The van der Waals surface area contributed by atoms with Crippen LogP contribution in [0, 0.1) is 0 Å². The quantitative estimate of drug-likeness (QED) is 0.658. The fraction of sp³-hybridized carbons (Fsp3) is 0.550. The molecule has 0 aromatic heterocycles. The number of carbonyl (C=O) groups is 3. The molecule has 1 atom stereocenters. The van der Waals surface area contributed by atoms with Gasteiger partial charge in [0.05, 0.1) is 14.2 Å². The lowest BCUT2D eigenvalue weighted by Crippen LogP contribution is -2.47. The summed E-state index contributed by atoms with van der Waals surface area (Å²) in [6.45, 7) is 1.44. The topological polar surface area (TPSA) is 103 Å². The van der Waals surface area contributed by atoms with Crippen molar-refractivity contribution in [3.8, 4) is 11.5 Å². The van der Waals surface area contributed by atoms with Gasteiger partial charge in [-0.05, 0) is 43.9 Å². The molecular formula is C20H28N2O6. The van der Waals surface area contributed by atoms with Gasteiger partial charge in [0.1, 0.15) is 11.5 Å². The van der Waals surface area contributed by atoms with Gasteiger partial charge in [-0.25, -0.2) is 4.79 Å². The zero-order valence-corrected chi connectivity index (χ0v) is 16.6. The number of urea groups is 1. The molecule has 0 unspecified atom stereocenters. The predicted molar refractivity (Wildman–Crippen MR) is 102 cm³/mol. The first-order chi connectivity index (χ1) is 13.4. The third-order valence-corrected chi connectivity index (χ3v) is 4.63. The van der Waals surface area contributed by atoms with E-state index in [-0.39, 0.29) is 12.5 Å². The molecular weight excluding hydrogens is 364 g/mol. The van der Waals surface area contributed by atoms with E-state index in [0.29, 0.717) is 17.9 Å². The predicted octanol–water partition coefficient (Wildman–Crippen LogP) is 2.34. The second kappa shape index (κ2) is 10.5. The second-order valence-electron chi connectivity index (χ2n) is 6.80. The molecule has 0 radical (unpaired) electrons. The van der Waals surface area contributed by atoms with Crippen LogP contribution in [0.5, 0.6) is 11.5 Å². The number of aryl methyl sites for hydroxylation is 1. The molecule has 3 amide bonds. The minimum Gasteiger partial charge on any atom is -0.497 e. The summed E-state index contributed by atoms with van der Waals surface area (Å²) in [4.78, 5) is 35.9. The monoisotopic (exact) mass is 392 g/mol. The molecule has 1 aliphatic rings. The number of methoxy groups -OCH3 is 2. The van der Waals surface area contributed by atoms with Crippen molar-refractivity contribution in [3.63, 3.8) is 0 Å². The summed E-state index contributed by atoms with van der Waals surface area (Å²) < 4.78 is 15.5. The fourth-order valence-electron chi connectivity index (χ4n) is 3.07. The van der Waals surface area contributed by atoms with Crippen molar-refractivity contribution in [1.82, 2.24) is 10.6 Å². The number of hydrogen-bond donors (Lipinski definition) is 2. The van der Waals surface area contributed by atoms with Gasteiger partial charge >= 0.3 is 12.0 Å². The Morgan fingerprint density at radius 2 is 1.68 bits per heavy atom. The highest BCUT2D eigenvalue weighted by atomic mass is 16.5. The average Bonchev–Trinajstić information content (AvgIpc) is 3.18. The SMILES string of the molecule is COc1cc(CCC(=O)O[C@@H](C)C(=O)NC(=O)NC2CCCC2)cc(OC)c1. The lowest BCUT2D eigenvalue weighted by molar-refractivity contribution is -0.154. The summed E-state index contributed by atoms with van der Waals surface area (Å²) in [5.41, 5.74) is 0.848. The molecule has 1 saturated carbocycles. The van der Waals surface area contributed by atoms with E-state index < -0.39 is 24.0 Å². The van der Waals surface area contributed by atoms with Gasteiger partial charge in [-0.15, -0.1) is 0 Å². The molecule has 1 aliphatic carbocycles. The van der Waals surface area contributed by atoms with E-state index in [1.165, 1.54) is 6.92 Å². The Bertz CT molecular complexity index is 678. The Kier molecular flexibility index (Phi) is 8.10. The molecule has 1 aromatic carbocycles. The van der Waals surface area contributed by atoms with Crippen LogP contribution in [0.3, 0.4) is 0 Å². The van der Waals surface area contributed by atoms with E-state index in [1.807, 2.05) is 0 Å². The third-order valence-electron chi connectivity index (χ3n) is 4.63. The van der Waals surface area contributed by atoms with Crippen LogP contribution in [0.15, 0.2) is 18.2 Å². The Labute approximate surface area is 164 Å². The Morgan fingerprint density at radius 3 is 2.25 bits per heavy atom. The Balaban J connectivity index is 1.76. The number of rotatable bonds is 8. The number of amides is 3. The van der Waals surface area contributed by atoms with Crippen LogP contribution in [-0.4, -0.2) is 44.3 Å². The highest BCUT2D eigenvalue weighted by Crippen LogP contribution is 2.23. The van der Waals surface area contributed by atoms with Crippen LogP contribution in [0.4, 0.5) is 4.79 Å². The number of hydrogen-bond acceptors (Lipinski definition) is 6. The zero-order chi connectivity index (χ0) is 20.5. The molecule has 8 heteroatoms. The van der Waals surface area contributed by atoms with Gasteiger partial charge in [-0.1, -0.05) is 12.8 Å². The normalized spacial score (nSPS) is 14.8. The average molecular weight is 392 g/mol. The standard InChI is InChI=1S/C20H28N2O6/c1-13(19(24)22-20(25)21-15-6-4-5-7-15)28-18(23)9-8-14-10-16(26-2)12-17(11-14)27-3/h10-13,15H,4-9H2,1-3H3,(H2,21,22,24,25)/t13-/m0/s1. The van der Waals surface area contributed by atoms with E-state index in [0.717, 1.165) is 31.2 Å². The fourth-order valence-corrected chi connectivity index (χ4v) is 3.07. The smallest absolute Gasteiger partial charge is 0.321 e. The minimum atomic E-state index is -1.05. The molecule has 2 N–H and O–H groups in total. The van der Waals surface area contributed by atoms with Gasteiger partial charge in [0.15, 0.2) is 6.10 Å². The first-order valence-corrected chi connectivity index (χ1v) is 9.44. The number of nitrogens with one attached hydrogen (secondary N) is 2. The number of carbonyl (C=O) groups excluding carboxylic acids is 3. The van der Waals surface area contributed by atoms with Crippen LogP contribution in [0.1, 0.15) is 44.6 Å². The summed E-state index contributed by atoms with van der Waals surface area (Å²) in [6.07, 6.45) is 3.42. The molecule has 0 spiro atoms. The van der Waals surface area contributed by atoms with Crippen molar-refractivity contribution in [2.75, 3.05) is 14.2 Å². The summed E-state index contributed by atoms with van der Waals surface area (Å²) in [5.74, 6) is 0.0833. The van der Waals surface area contributed by atoms with Crippen LogP contribution >= 0.6 is 0 Å². The highest BCUT2D eigenvalue weighted by Gasteiger charge is 2.22. The summed E-state index contributed by atoms with van der Waals surface area (Å²) in [7, 11) is 3.10. The molecule has 0 saturated heterocycles. The van der Waals surface area contributed by atoms with E-state index in [2.05, 4.69) is 10.6 Å². The van der Waals surface area contributed by atoms with Crippen molar-refractivity contribution in [2.45, 2.75) is 57.6 Å². The van der Waals surface area contributed by atoms with E-state index in [9.17, 15) is 14.4 Å². The number of imide groups is 1. The van der Waals surface area contributed by atoms with Crippen LogP contribution in [0.25, 0.3) is 0 Å². The van der Waals surface area contributed by atoms with Crippen LogP contribution in [-0.2, 0) is 20.7 Å². The zero-order valence-electron chi connectivity index (χ0n) is 16.6. The van der Waals surface area contributed by atoms with Crippen molar-refractivity contribution < 1.29 is 28.6 Å². The molecule has 154 valence electrons. The van der Waals surface area contributed by atoms with E-state index in [1.54, 1.807) is 32.4 Å². The minimum absolute atomic E-state index is 0.0855.